The number of hydrogen-bond acceptors (Lipinski definition) is 5. The molecule has 1 fully saturated rings. The first-order chi connectivity index (χ1) is 9.48. The minimum atomic E-state index is -0.930. The molecule has 0 aliphatic heterocycles. The molecule has 0 aromatic heterocycles. The van der Waals surface area contributed by atoms with Gasteiger partial charge in [0.25, 0.3) is 5.69 Å². The van der Waals surface area contributed by atoms with Gasteiger partial charge in [0.1, 0.15) is 6.07 Å². The van der Waals surface area contributed by atoms with E-state index in [9.17, 15) is 14.3 Å². The van der Waals surface area contributed by atoms with Crippen molar-refractivity contribution in [3.63, 3.8) is 0 Å². The lowest BCUT2D eigenvalue weighted by Gasteiger charge is -2.40. The summed E-state index contributed by atoms with van der Waals surface area (Å²) < 4.78 is 11.6. The number of non-ortho nitro benzene ring substituents is 1. The molecular weight excluding hydrogens is 278 g/mol. The number of nitrogens with one attached hydrogen (secondary N) is 1. The predicted octanol–water partition coefficient (Wildman–Crippen LogP) is 2.18. The van der Waals surface area contributed by atoms with Crippen molar-refractivity contribution in [3.8, 4) is 6.07 Å². The van der Waals surface area contributed by atoms with Crippen molar-refractivity contribution in [1.82, 2.24) is 0 Å². The Bertz CT molecular complexity index is 605. The molecule has 0 spiro atoms. The van der Waals surface area contributed by atoms with Crippen molar-refractivity contribution >= 4 is 22.2 Å². The van der Waals surface area contributed by atoms with Gasteiger partial charge >= 0.3 is 0 Å². The Morgan fingerprint density at radius 1 is 1.55 bits per heavy atom. The SMILES string of the molecule is C[S@](=O)C1(CNc2ccc([N+](=O)[O-])cc2C#N)CCC1. The lowest BCUT2D eigenvalue weighted by molar-refractivity contribution is -0.384. The van der Waals surface area contributed by atoms with E-state index in [-0.39, 0.29) is 16.0 Å². The number of rotatable bonds is 5. The molecule has 1 atom stereocenters. The fourth-order valence-corrected chi connectivity index (χ4v) is 3.42. The summed E-state index contributed by atoms with van der Waals surface area (Å²) in [5, 5.41) is 22.9. The van der Waals surface area contributed by atoms with Crippen LogP contribution in [0.4, 0.5) is 11.4 Å². The molecule has 1 saturated carbocycles. The van der Waals surface area contributed by atoms with Crippen molar-refractivity contribution in [2.24, 2.45) is 0 Å². The molecule has 0 amide bonds. The number of nitriles is 1. The van der Waals surface area contributed by atoms with Gasteiger partial charge in [-0.2, -0.15) is 5.26 Å². The van der Waals surface area contributed by atoms with Crippen LogP contribution < -0.4 is 5.32 Å². The first-order valence-electron chi connectivity index (χ1n) is 6.24. The third kappa shape index (κ3) is 2.65. The van der Waals surface area contributed by atoms with Crippen molar-refractivity contribution in [2.75, 3.05) is 18.1 Å². The Morgan fingerprint density at radius 3 is 2.70 bits per heavy atom. The summed E-state index contributed by atoms with van der Waals surface area (Å²) in [7, 11) is -0.930. The summed E-state index contributed by atoms with van der Waals surface area (Å²) in [6, 6.07) is 6.09. The van der Waals surface area contributed by atoms with Crippen LogP contribution in [0.3, 0.4) is 0 Å². The number of anilines is 1. The van der Waals surface area contributed by atoms with Gasteiger partial charge in [-0.1, -0.05) is 6.42 Å². The van der Waals surface area contributed by atoms with E-state index in [0.29, 0.717) is 12.2 Å². The molecule has 0 saturated heterocycles. The highest BCUT2D eigenvalue weighted by atomic mass is 32.2. The van der Waals surface area contributed by atoms with Gasteiger partial charge in [0, 0.05) is 35.7 Å². The first-order valence-corrected chi connectivity index (χ1v) is 7.80. The maximum absolute atomic E-state index is 11.8. The molecule has 1 N–H and O–H groups in total. The predicted molar refractivity (Wildman–Crippen MR) is 76.9 cm³/mol. The van der Waals surface area contributed by atoms with Gasteiger partial charge in [-0.05, 0) is 18.9 Å². The number of hydrogen-bond donors (Lipinski definition) is 1. The average molecular weight is 293 g/mol. The molecule has 0 bridgehead atoms. The summed E-state index contributed by atoms with van der Waals surface area (Å²) in [5.74, 6) is 0. The highest BCUT2D eigenvalue weighted by Gasteiger charge is 2.40. The highest BCUT2D eigenvalue weighted by Crippen LogP contribution is 2.37. The monoisotopic (exact) mass is 293 g/mol. The second-order valence-electron chi connectivity index (χ2n) is 4.94. The van der Waals surface area contributed by atoms with Gasteiger partial charge in [-0.25, -0.2) is 0 Å². The van der Waals surface area contributed by atoms with Crippen LogP contribution in [0.2, 0.25) is 0 Å². The van der Waals surface area contributed by atoms with Crippen LogP contribution in [0.25, 0.3) is 0 Å². The van der Waals surface area contributed by atoms with E-state index in [1.54, 1.807) is 6.26 Å². The van der Waals surface area contributed by atoms with E-state index in [0.717, 1.165) is 19.3 Å². The number of nitro groups is 1. The topological polar surface area (TPSA) is 96.0 Å². The van der Waals surface area contributed by atoms with Crippen LogP contribution in [0.5, 0.6) is 0 Å². The van der Waals surface area contributed by atoms with Crippen molar-refractivity contribution < 1.29 is 9.13 Å². The molecule has 1 aliphatic carbocycles. The van der Waals surface area contributed by atoms with Crippen LogP contribution in [0, 0.1) is 21.4 Å². The smallest absolute Gasteiger partial charge is 0.270 e. The number of benzene rings is 1. The Hall–Kier alpha value is -1.94. The molecule has 20 heavy (non-hydrogen) atoms. The average Bonchev–Trinajstić information content (AvgIpc) is 2.36. The Morgan fingerprint density at radius 2 is 2.25 bits per heavy atom. The van der Waals surface area contributed by atoms with E-state index in [2.05, 4.69) is 5.32 Å². The molecule has 1 aromatic rings. The molecular formula is C13H15N3O3S. The van der Waals surface area contributed by atoms with E-state index in [1.807, 2.05) is 6.07 Å². The minimum absolute atomic E-state index is 0.107. The summed E-state index contributed by atoms with van der Waals surface area (Å²) in [4.78, 5) is 10.1. The van der Waals surface area contributed by atoms with Crippen molar-refractivity contribution in [1.29, 1.82) is 5.26 Å². The molecule has 0 unspecified atom stereocenters. The van der Waals surface area contributed by atoms with E-state index >= 15 is 0 Å². The van der Waals surface area contributed by atoms with Gasteiger partial charge in [0.15, 0.2) is 0 Å². The van der Waals surface area contributed by atoms with Gasteiger partial charge in [-0.3, -0.25) is 14.3 Å². The lowest BCUT2D eigenvalue weighted by Crippen LogP contribution is -2.47. The maximum atomic E-state index is 11.8. The van der Waals surface area contributed by atoms with Gasteiger partial charge in [-0.15, -0.1) is 0 Å². The highest BCUT2D eigenvalue weighted by molar-refractivity contribution is 7.85. The Balaban J connectivity index is 2.16. The molecule has 1 aliphatic rings. The fraction of sp³-hybridized carbons (Fsp3) is 0.462. The van der Waals surface area contributed by atoms with E-state index < -0.39 is 15.7 Å². The lowest BCUT2D eigenvalue weighted by atomic mass is 9.84. The van der Waals surface area contributed by atoms with Crippen LogP contribution in [0.1, 0.15) is 24.8 Å². The standard InChI is InChI=1S/C13H15N3O3S/c1-20(19)13(5-2-6-13)9-15-12-4-3-11(16(17)18)7-10(12)8-14/h3-4,7,15H,2,5-6,9H2,1H3/t20-/m0/s1. The third-order valence-corrected chi connectivity index (χ3v) is 5.58. The van der Waals surface area contributed by atoms with Crippen LogP contribution in [-0.4, -0.2) is 26.7 Å². The number of nitrogens with zero attached hydrogens (tertiary/aromatic N) is 2. The minimum Gasteiger partial charge on any atom is -0.382 e. The summed E-state index contributed by atoms with van der Waals surface area (Å²) in [5.41, 5.74) is 0.676. The maximum Gasteiger partial charge on any atom is 0.270 e. The zero-order valence-corrected chi connectivity index (χ0v) is 11.9. The second-order valence-corrected chi connectivity index (χ2v) is 6.72. The zero-order valence-electron chi connectivity index (χ0n) is 11.1. The summed E-state index contributed by atoms with van der Waals surface area (Å²) in [6.07, 6.45) is 4.56. The molecule has 1 aromatic carbocycles. The van der Waals surface area contributed by atoms with Crippen LogP contribution >= 0.6 is 0 Å². The molecule has 0 radical (unpaired) electrons. The quantitative estimate of drug-likeness (QED) is 0.663. The fourth-order valence-electron chi connectivity index (χ4n) is 2.29. The molecule has 7 heteroatoms. The van der Waals surface area contributed by atoms with Gasteiger partial charge in [0.2, 0.25) is 0 Å². The van der Waals surface area contributed by atoms with Crippen molar-refractivity contribution in [3.05, 3.63) is 33.9 Å². The second kappa shape index (κ2) is 5.59. The van der Waals surface area contributed by atoms with Crippen molar-refractivity contribution in [2.45, 2.75) is 24.0 Å². The van der Waals surface area contributed by atoms with Crippen LogP contribution in [-0.2, 0) is 10.8 Å². The zero-order chi connectivity index (χ0) is 14.8. The summed E-state index contributed by atoms with van der Waals surface area (Å²) >= 11 is 0. The van der Waals surface area contributed by atoms with E-state index in [4.69, 9.17) is 5.26 Å². The molecule has 6 nitrogen and oxygen atoms in total. The molecule has 106 valence electrons. The first kappa shape index (κ1) is 14.5. The van der Waals surface area contributed by atoms with Crippen LogP contribution in [0.15, 0.2) is 18.2 Å². The van der Waals surface area contributed by atoms with E-state index in [1.165, 1.54) is 18.2 Å². The normalized spacial score (nSPS) is 17.6. The third-order valence-electron chi connectivity index (χ3n) is 3.81. The molecule has 0 heterocycles. The Labute approximate surface area is 119 Å². The van der Waals surface area contributed by atoms with Gasteiger partial charge < -0.3 is 5.32 Å². The largest absolute Gasteiger partial charge is 0.382 e. The molecule has 2 rings (SSSR count). The number of nitro benzene ring substituents is 1. The Kier molecular flexibility index (Phi) is 4.04. The summed E-state index contributed by atoms with van der Waals surface area (Å²) in [6.45, 7) is 0.516. The van der Waals surface area contributed by atoms with Gasteiger partial charge in [0.05, 0.1) is 20.9 Å².